The van der Waals surface area contributed by atoms with Crippen LogP contribution in [0, 0.1) is 47.5 Å². The number of aryl methyl sites for hydroxylation is 6. The van der Waals surface area contributed by atoms with Gasteiger partial charge in [0.25, 0.3) is 8.32 Å². The molecule has 1 heterocycles. The molecule has 1 fully saturated rings. The highest BCUT2D eigenvalue weighted by Crippen LogP contribution is 2.43. The standard InChI is InChI=1S/C25H36O2Si/c1-10-26-25-21(8)22(9)28(27-25,23-17(4)11-15(2)12-18(23)5)24-19(6)13-16(3)14-20(24)7/h11-14,21-22,25H,10H2,1-9H3/t21-,22-,25?/m1/s1. The van der Waals surface area contributed by atoms with E-state index in [1.165, 1.54) is 43.8 Å². The third-order valence-electron chi connectivity index (χ3n) is 6.59. The second kappa shape index (κ2) is 7.77. The molecular formula is C25H36O2Si. The van der Waals surface area contributed by atoms with E-state index in [4.69, 9.17) is 9.16 Å². The van der Waals surface area contributed by atoms with Crippen molar-refractivity contribution in [2.24, 2.45) is 5.92 Å². The molecule has 3 rings (SSSR count). The van der Waals surface area contributed by atoms with E-state index < -0.39 is 8.32 Å². The first-order valence-electron chi connectivity index (χ1n) is 10.6. The Hall–Kier alpha value is -1.42. The van der Waals surface area contributed by atoms with Crippen LogP contribution in [0.15, 0.2) is 24.3 Å². The van der Waals surface area contributed by atoms with E-state index in [2.05, 4.69) is 86.6 Å². The van der Waals surface area contributed by atoms with Gasteiger partial charge < -0.3 is 9.16 Å². The molecule has 3 atom stereocenters. The third-order valence-corrected chi connectivity index (χ3v) is 12.1. The van der Waals surface area contributed by atoms with Gasteiger partial charge in [0.1, 0.15) is 0 Å². The normalized spacial score (nSPS) is 24.0. The van der Waals surface area contributed by atoms with Crippen LogP contribution in [0.3, 0.4) is 0 Å². The monoisotopic (exact) mass is 396 g/mol. The first-order valence-corrected chi connectivity index (χ1v) is 12.6. The fourth-order valence-corrected chi connectivity index (χ4v) is 11.4. The van der Waals surface area contributed by atoms with Crippen LogP contribution < -0.4 is 10.4 Å². The largest absolute Gasteiger partial charge is 0.383 e. The van der Waals surface area contributed by atoms with Crippen molar-refractivity contribution in [3.8, 4) is 0 Å². The summed E-state index contributed by atoms with van der Waals surface area (Å²) < 4.78 is 13.2. The first kappa shape index (κ1) is 21.3. The van der Waals surface area contributed by atoms with Gasteiger partial charge in [0.2, 0.25) is 0 Å². The van der Waals surface area contributed by atoms with Crippen LogP contribution in [0.2, 0.25) is 5.54 Å². The van der Waals surface area contributed by atoms with E-state index in [1.54, 1.807) is 0 Å². The van der Waals surface area contributed by atoms with Gasteiger partial charge in [0.15, 0.2) is 6.29 Å². The summed E-state index contributed by atoms with van der Waals surface area (Å²) in [5.74, 6) is 0.367. The van der Waals surface area contributed by atoms with Crippen LogP contribution in [0.1, 0.15) is 54.2 Å². The average Bonchev–Trinajstić information content (AvgIpc) is 2.79. The third kappa shape index (κ3) is 3.28. The Balaban J connectivity index is 2.38. The first-order chi connectivity index (χ1) is 13.1. The molecule has 0 aromatic heterocycles. The highest BCUT2D eigenvalue weighted by atomic mass is 28.4. The smallest absolute Gasteiger partial charge is 0.263 e. The molecule has 1 saturated heterocycles. The van der Waals surface area contributed by atoms with E-state index in [-0.39, 0.29) is 6.29 Å². The van der Waals surface area contributed by atoms with Crippen molar-refractivity contribution in [1.29, 1.82) is 0 Å². The second-order valence-electron chi connectivity index (χ2n) is 8.87. The van der Waals surface area contributed by atoms with Crippen molar-refractivity contribution < 1.29 is 9.16 Å². The van der Waals surface area contributed by atoms with Crippen LogP contribution in [-0.4, -0.2) is 21.2 Å². The Morgan fingerprint density at radius 1 is 0.786 bits per heavy atom. The van der Waals surface area contributed by atoms with E-state index in [9.17, 15) is 0 Å². The van der Waals surface area contributed by atoms with Gasteiger partial charge in [-0.25, -0.2) is 0 Å². The van der Waals surface area contributed by atoms with Gasteiger partial charge in [-0.05, 0) is 86.6 Å². The van der Waals surface area contributed by atoms with Gasteiger partial charge in [-0.3, -0.25) is 0 Å². The summed E-state index contributed by atoms with van der Waals surface area (Å²) in [6.07, 6.45) is -0.133. The predicted octanol–water partition coefficient (Wildman–Crippen LogP) is 5.02. The maximum Gasteiger partial charge on any atom is 0.263 e. The lowest BCUT2D eigenvalue weighted by Crippen LogP contribution is -2.64. The zero-order valence-electron chi connectivity index (χ0n) is 19.1. The Morgan fingerprint density at radius 2 is 1.18 bits per heavy atom. The topological polar surface area (TPSA) is 18.5 Å². The SMILES string of the molecule is CCOC1O[Si](c2c(C)cc(C)cc2C)(c2c(C)cc(C)cc2C)[C@H](C)[C@H]1C. The van der Waals surface area contributed by atoms with Gasteiger partial charge in [0.05, 0.1) is 0 Å². The fourth-order valence-electron chi connectivity index (χ4n) is 5.58. The molecule has 0 saturated carbocycles. The van der Waals surface area contributed by atoms with Gasteiger partial charge in [-0.1, -0.05) is 49.2 Å². The van der Waals surface area contributed by atoms with Crippen molar-refractivity contribution in [1.82, 2.24) is 0 Å². The molecule has 1 aliphatic heterocycles. The van der Waals surface area contributed by atoms with Gasteiger partial charge in [-0.2, -0.15) is 0 Å². The minimum absolute atomic E-state index is 0.133. The van der Waals surface area contributed by atoms with Crippen LogP contribution >= 0.6 is 0 Å². The van der Waals surface area contributed by atoms with Crippen molar-refractivity contribution in [3.05, 3.63) is 57.6 Å². The van der Waals surface area contributed by atoms with Crippen LogP contribution in [0.5, 0.6) is 0 Å². The lowest BCUT2D eigenvalue weighted by Gasteiger charge is -2.37. The summed E-state index contributed by atoms with van der Waals surface area (Å²) in [5, 5.41) is 2.91. The summed E-state index contributed by atoms with van der Waals surface area (Å²) in [7, 11) is -2.50. The minimum Gasteiger partial charge on any atom is -0.383 e. The zero-order valence-corrected chi connectivity index (χ0v) is 20.1. The molecule has 0 aliphatic carbocycles. The fraction of sp³-hybridized carbons (Fsp3) is 0.520. The van der Waals surface area contributed by atoms with Crippen molar-refractivity contribution in [3.63, 3.8) is 0 Å². The minimum atomic E-state index is -2.50. The molecule has 28 heavy (non-hydrogen) atoms. The molecule has 1 aliphatic rings. The molecule has 152 valence electrons. The molecule has 0 N–H and O–H groups in total. The van der Waals surface area contributed by atoms with Crippen LogP contribution in [0.25, 0.3) is 0 Å². The molecule has 0 spiro atoms. The second-order valence-corrected chi connectivity index (χ2v) is 12.5. The van der Waals surface area contributed by atoms with Gasteiger partial charge >= 0.3 is 0 Å². The Bertz CT molecular complexity index is 783. The van der Waals surface area contributed by atoms with E-state index in [0.29, 0.717) is 18.1 Å². The highest BCUT2D eigenvalue weighted by Gasteiger charge is 2.58. The maximum atomic E-state index is 7.11. The van der Waals surface area contributed by atoms with Crippen molar-refractivity contribution >= 4 is 18.7 Å². The summed E-state index contributed by atoms with van der Waals surface area (Å²) in [6.45, 7) is 20.9. The number of ether oxygens (including phenoxy) is 1. The molecule has 0 radical (unpaired) electrons. The molecule has 2 aromatic carbocycles. The molecule has 0 amide bonds. The zero-order chi connectivity index (χ0) is 20.8. The molecule has 3 heteroatoms. The lowest BCUT2D eigenvalue weighted by molar-refractivity contribution is -0.0906. The maximum absolute atomic E-state index is 7.11. The number of hydrogen-bond acceptors (Lipinski definition) is 2. The summed E-state index contributed by atoms with van der Waals surface area (Å²) in [6, 6.07) is 9.30. The number of benzene rings is 2. The Kier molecular flexibility index (Phi) is 5.91. The molecule has 2 aromatic rings. The Morgan fingerprint density at radius 3 is 1.54 bits per heavy atom. The average molecular weight is 397 g/mol. The Labute approximate surface area is 172 Å². The lowest BCUT2D eigenvalue weighted by atomic mass is 10.1. The summed E-state index contributed by atoms with van der Waals surface area (Å²) in [4.78, 5) is 0. The van der Waals surface area contributed by atoms with E-state index in [1.807, 2.05) is 0 Å². The molecular weight excluding hydrogens is 360 g/mol. The van der Waals surface area contributed by atoms with Crippen molar-refractivity contribution in [2.75, 3.05) is 6.61 Å². The molecule has 1 unspecified atom stereocenters. The summed E-state index contributed by atoms with van der Waals surface area (Å²) >= 11 is 0. The van der Waals surface area contributed by atoms with E-state index in [0.717, 1.165) is 0 Å². The van der Waals surface area contributed by atoms with E-state index >= 15 is 0 Å². The highest BCUT2D eigenvalue weighted by molar-refractivity contribution is 7.00. The summed E-state index contributed by atoms with van der Waals surface area (Å²) in [5.41, 5.74) is 8.52. The van der Waals surface area contributed by atoms with Crippen LogP contribution in [0.4, 0.5) is 0 Å². The quantitative estimate of drug-likeness (QED) is 0.676. The van der Waals surface area contributed by atoms with Crippen LogP contribution in [-0.2, 0) is 9.16 Å². The molecule has 2 nitrogen and oxygen atoms in total. The number of rotatable bonds is 4. The predicted molar refractivity (Wildman–Crippen MR) is 121 cm³/mol. The number of hydrogen-bond donors (Lipinski definition) is 0. The van der Waals surface area contributed by atoms with Crippen molar-refractivity contribution in [2.45, 2.75) is 74.1 Å². The molecule has 0 bridgehead atoms. The van der Waals surface area contributed by atoms with Gasteiger partial charge in [0, 0.05) is 12.5 Å². The van der Waals surface area contributed by atoms with Gasteiger partial charge in [-0.15, -0.1) is 0 Å².